The average molecular weight is 303 g/mol. The summed E-state index contributed by atoms with van der Waals surface area (Å²) in [6.07, 6.45) is 2.88. The van der Waals surface area contributed by atoms with Gasteiger partial charge in [0.1, 0.15) is 9.88 Å². The Morgan fingerprint density at radius 2 is 2.21 bits per heavy atom. The molecular weight excluding hydrogens is 282 g/mol. The maximum absolute atomic E-state index is 12.0. The van der Waals surface area contributed by atoms with Crippen LogP contribution in [-0.4, -0.2) is 51.4 Å². The zero-order chi connectivity index (χ0) is 14.4. The molecule has 0 radical (unpaired) electrons. The highest BCUT2D eigenvalue weighted by Gasteiger charge is 2.21. The van der Waals surface area contributed by atoms with Crippen molar-refractivity contribution in [3.05, 3.63) is 4.88 Å². The molecule has 0 spiro atoms. The van der Waals surface area contributed by atoms with E-state index in [1.807, 2.05) is 6.26 Å². The van der Waals surface area contributed by atoms with Crippen LogP contribution < -0.4 is 11.1 Å². The molecule has 5 nitrogen and oxygen atoms in total. The highest BCUT2D eigenvalue weighted by atomic mass is 32.2. The summed E-state index contributed by atoms with van der Waals surface area (Å²) < 4.78 is 5.01. The highest BCUT2D eigenvalue weighted by molar-refractivity contribution is 7.99. The van der Waals surface area contributed by atoms with Gasteiger partial charge in [-0.25, -0.2) is 0 Å². The zero-order valence-corrected chi connectivity index (χ0v) is 13.4. The van der Waals surface area contributed by atoms with Crippen molar-refractivity contribution in [2.24, 2.45) is 0 Å². The van der Waals surface area contributed by atoms with Crippen LogP contribution in [0.1, 0.15) is 16.1 Å². The van der Waals surface area contributed by atoms with Gasteiger partial charge in [0.2, 0.25) is 0 Å². The van der Waals surface area contributed by atoms with Crippen molar-refractivity contribution in [3.63, 3.8) is 0 Å². The highest BCUT2D eigenvalue weighted by Crippen LogP contribution is 2.41. The van der Waals surface area contributed by atoms with E-state index in [2.05, 4.69) is 5.32 Å². The van der Waals surface area contributed by atoms with Crippen molar-refractivity contribution < 1.29 is 9.53 Å². The molecule has 19 heavy (non-hydrogen) atoms. The Labute approximate surface area is 122 Å². The standard InChI is InChI=1S/C12H21N3O2S2/c1-15(2)12(16)10-8(13)9(18-4)11(19-10)14-6-5-7-17-3/h14H,5-7,13H2,1-4H3. The third-order valence-electron chi connectivity index (χ3n) is 2.51. The lowest BCUT2D eigenvalue weighted by Gasteiger charge is -2.08. The average Bonchev–Trinajstić information content (AvgIpc) is 2.70. The first kappa shape index (κ1) is 16.1. The number of thiophene rings is 1. The number of hydrogen-bond donors (Lipinski definition) is 2. The normalized spacial score (nSPS) is 10.5. The maximum atomic E-state index is 12.0. The second-order valence-electron chi connectivity index (χ2n) is 4.18. The van der Waals surface area contributed by atoms with E-state index in [4.69, 9.17) is 10.5 Å². The maximum Gasteiger partial charge on any atom is 0.265 e. The first-order valence-electron chi connectivity index (χ1n) is 5.93. The molecule has 1 heterocycles. The summed E-state index contributed by atoms with van der Waals surface area (Å²) in [6.45, 7) is 1.52. The summed E-state index contributed by atoms with van der Waals surface area (Å²) in [5, 5.41) is 4.29. The van der Waals surface area contributed by atoms with Crippen molar-refractivity contribution >= 4 is 39.7 Å². The number of nitrogens with zero attached hydrogens (tertiary/aromatic N) is 1. The van der Waals surface area contributed by atoms with Gasteiger partial charge < -0.3 is 20.7 Å². The van der Waals surface area contributed by atoms with Crippen LogP contribution >= 0.6 is 23.1 Å². The lowest BCUT2D eigenvalue weighted by molar-refractivity contribution is 0.0833. The third kappa shape index (κ3) is 4.02. The second kappa shape index (κ2) is 7.62. The van der Waals surface area contributed by atoms with Gasteiger partial charge in [0, 0.05) is 34.4 Å². The third-order valence-corrected chi connectivity index (χ3v) is 4.63. The van der Waals surface area contributed by atoms with Crippen LogP contribution in [0.2, 0.25) is 0 Å². The number of nitrogens with two attached hydrogens (primary N) is 1. The fourth-order valence-electron chi connectivity index (χ4n) is 1.53. The number of hydrogen-bond acceptors (Lipinski definition) is 6. The molecule has 0 atom stereocenters. The van der Waals surface area contributed by atoms with Crippen molar-refractivity contribution in [2.75, 3.05) is 51.7 Å². The van der Waals surface area contributed by atoms with Crippen molar-refractivity contribution in [1.82, 2.24) is 4.90 Å². The molecule has 1 aromatic rings. The number of nitrogen functional groups attached to an aromatic ring is 1. The van der Waals surface area contributed by atoms with Gasteiger partial charge in [0.15, 0.2) is 0 Å². The zero-order valence-electron chi connectivity index (χ0n) is 11.8. The van der Waals surface area contributed by atoms with E-state index in [0.717, 1.165) is 22.9 Å². The molecular formula is C12H21N3O2S2. The Balaban J connectivity index is 2.86. The van der Waals surface area contributed by atoms with Gasteiger partial charge >= 0.3 is 0 Å². The number of amides is 1. The Kier molecular flexibility index (Phi) is 6.47. The number of anilines is 2. The Morgan fingerprint density at radius 1 is 1.53 bits per heavy atom. The van der Waals surface area contributed by atoms with Gasteiger partial charge in [-0.2, -0.15) is 0 Å². The molecule has 1 amide bonds. The van der Waals surface area contributed by atoms with E-state index in [1.165, 1.54) is 11.3 Å². The van der Waals surface area contributed by atoms with Crippen molar-refractivity contribution in [1.29, 1.82) is 0 Å². The smallest absolute Gasteiger partial charge is 0.265 e. The molecule has 0 fully saturated rings. The molecule has 0 saturated carbocycles. The van der Waals surface area contributed by atoms with Crippen LogP contribution in [0.3, 0.4) is 0 Å². The number of ether oxygens (including phenoxy) is 1. The lowest BCUT2D eigenvalue weighted by Crippen LogP contribution is -2.21. The minimum atomic E-state index is -0.0530. The summed E-state index contributed by atoms with van der Waals surface area (Å²) >= 11 is 2.97. The van der Waals surface area contributed by atoms with Crippen LogP contribution in [-0.2, 0) is 4.74 Å². The molecule has 3 N–H and O–H groups in total. The van der Waals surface area contributed by atoms with E-state index in [9.17, 15) is 4.79 Å². The van der Waals surface area contributed by atoms with E-state index < -0.39 is 0 Å². The molecule has 0 bridgehead atoms. The summed E-state index contributed by atoms with van der Waals surface area (Å²) in [5.74, 6) is -0.0530. The minimum absolute atomic E-state index is 0.0530. The topological polar surface area (TPSA) is 67.6 Å². The number of carbonyl (C=O) groups excluding carboxylic acids is 1. The lowest BCUT2D eigenvalue weighted by atomic mass is 10.3. The molecule has 0 saturated heterocycles. The van der Waals surface area contributed by atoms with Gasteiger partial charge in [0.25, 0.3) is 5.91 Å². The van der Waals surface area contributed by atoms with E-state index >= 15 is 0 Å². The molecule has 1 aromatic heterocycles. The van der Waals surface area contributed by atoms with Crippen LogP contribution in [0.15, 0.2) is 4.90 Å². The van der Waals surface area contributed by atoms with Crippen LogP contribution in [0, 0.1) is 0 Å². The predicted octanol–water partition coefficient (Wildman–Crippen LogP) is 2.20. The molecule has 7 heteroatoms. The molecule has 108 valence electrons. The first-order chi connectivity index (χ1) is 9.02. The summed E-state index contributed by atoms with van der Waals surface area (Å²) in [6, 6.07) is 0. The van der Waals surface area contributed by atoms with Gasteiger partial charge in [-0.1, -0.05) is 0 Å². The van der Waals surface area contributed by atoms with Gasteiger partial charge in [0.05, 0.1) is 10.6 Å². The monoisotopic (exact) mass is 303 g/mol. The predicted molar refractivity (Wildman–Crippen MR) is 83.5 cm³/mol. The van der Waals surface area contributed by atoms with Crippen molar-refractivity contribution in [3.8, 4) is 0 Å². The van der Waals surface area contributed by atoms with E-state index in [1.54, 1.807) is 37.9 Å². The fourth-order valence-corrected chi connectivity index (χ4v) is 3.61. The Hall–Kier alpha value is -0.920. The van der Waals surface area contributed by atoms with Crippen molar-refractivity contribution in [2.45, 2.75) is 11.3 Å². The SMILES string of the molecule is COCCCNc1sc(C(=O)N(C)C)c(N)c1SC. The number of rotatable bonds is 7. The fraction of sp³-hybridized carbons (Fsp3) is 0.583. The summed E-state index contributed by atoms with van der Waals surface area (Å²) in [7, 11) is 5.14. The molecule has 0 aliphatic carbocycles. The molecule has 1 rings (SSSR count). The molecule has 0 aliphatic heterocycles. The van der Waals surface area contributed by atoms with Crippen LogP contribution in [0.25, 0.3) is 0 Å². The quantitative estimate of drug-likeness (QED) is 0.597. The summed E-state index contributed by atoms with van der Waals surface area (Å²) in [5.41, 5.74) is 6.64. The second-order valence-corrected chi connectivity index (χ2v) is 6.02. The largest absolute Gasteiger partial charge is 0.396 e. The van der Waals surface area contributed by atoms with Gasteiger partial charge in [-0.05, 0) is 12.7 Å². The van der Waals surface area contributed by atoms with Crippen LogP contribution in [0.4, 0.5) is 10.7 Å². The first-order valence-corrected chi connectivity index (χ1v) is 7.97. The number of methoxy groups -OCH3 is 1. The molecule has 0 unspecified atom stereocenters. The number of nitrogens with one attached hydrogen (secondary N) is 1. The Bertz CT molecular complexity index is 433. The minimum Gasteiger partial charge on any atom is -0.396 e. The molecule has 0 aliphatic rings. The van der Waals surface area contributed by atoms with E-state index in [0.29, 0.717) is 17.2 Å². The number of thioether (sulfide) groups is 1. The molecule has 0 aromatic carbocycles. The summed E-state index contributed by atoms with van der Waals surface area (Å²) in [4.78, 5) is 15.1. The Morgan fingerprint density at radius 3 is 2.74 bits per heavy atom. The van der Waals surface area contributed by atoms with Crippen LogP contribution in [0.5, 0.6) is 0 Å². The van der Waals surface area contributed by atoms with Gasteiger partial charge in [-0.3, -0.25) is 4.79 Å². The number of carbonyl (C=O) groups is 1. The van der Waals surface area contributed by atoms with Gasteiger partial charge in [-0.15, -0.1) is 23.1 Å². The van der Waals surface area contributed by atoms with E-state index in [-0.39, 0.29) is 5.91 Å².